The molecule has 10 nitrogen and oxygen atoms in total. The van der Waals surface area contributed by atoms with Crippen molar-refractivity contribution in [3.8, 4) is 0 Å². The van der Waals surface area contributed by atoms with Crippen LogP contribution in [0.2, 0.25) is 0 Å². The quantitative estimate of drug-likeness (QED) is 0.266. The van der Waals surface area contributed by atoms with E-state index in [0.717, 1.165) is 32.2 Å². The van der Waals surface area contributed by atoms with Gasteiger partial charge in [0.05, 0.1) is 25.9 Å². The molecular formula is C24H42N4O6. The summed E-state index contributed by atoms with van der Waals surface area (Å²) in [5.74, 6) is -0.000270. The van der Waals surface area contributed by atoms with E-state index < -0.39 is 17.5 Å². The van der Waals surface area contributed by atoms with Crippen molar-refractivity contribution in [3.05, 3.63) is 0 Å². The van der Waals surface area contributed by atoms with E-state index in [1.165, 1.54) is 6.92 Å². The molecule has 34 heavy (non-hydrogen) atoms. The Bertz CT molecular complexity index is 695. The van der Waals surface area contributed by atoms with Crippen LogP contribution in [-0.4, -0.2) is 93.6 Å². The van der Waals surface area contributed by atoms with Gasteiger partial charge in [0.15, 0.2) is 0 Å². The molecule has 0 aromatic carbocycles. The van der Waals surface area contributed by atoms with E-state index in [-0.39, 0.29) is 30.2 Å². The third kappa shape index (κ3) is 9.31. The van der Waals surface area contributed by atoms with Crippen LogP contribution < -0.4 is 16.0 Å². The summed E-state index contributed by atoms with van der Waals surface area (Å²) in [5.41, 5.74) is -0.497. The van der Waals surface area contributed by atoms with E-state index >= 15 is 0 Å². The number of carbonyl (C=O) groups excluding carboxylic acids is 4. The zero-order chi connectivity index (χ0) is 25.1. The molecular weight excluding hydrogens is 440 g/mol. The molecule has 3 unspecified atom stereocenters. The Balaban J connectivity index is 1.73. The molecule has 0 bridgehead atoms. The molecule has 194 valence electrons. The van der Waals surface area contributed by atoms with Crippen molar-refractivity contribution < 1.29 is 28.7 Å². The van der Waals surface area contributed by atoms with Gasteiger partial charge in [0.1, 0.15) is 18.9 Å². The molecule has 2 aliphatic rings. The van der Waals surface area contributed by atoms with Crippen molar-refractivity contribution in [2.24, 2.45) is 17.3 Å². The topological polar surface area (TPSA) is 126 Å². The standard InChI is InChI=1S/C24H42N4O6/c1-17(30)26-7-9-33-14-18-10-19(12-25-11-18)15-34-16-21(31)27-22(24(2,3)4)23(32)28-8-5-6-20(28)13-29/h13,18-20,22,25H,5-12,14-16H2,1-4H3,(H,26,30)(H,27,31)/t18?,19?,20-,22?/m0/s1. The Morgan fingerprint density at radius 2 is 1.82 bits per heavy atom. The van der Waals surface area contributed by atoms with Gasteiger partial charge < -0.3 is 35.1 Å². The molecule has 2 saturated heterocycles. The zero-order valence-corrected chi connectivity index (χ0v) is 21.1. The molecule has 0 aromatic rings. The molecule has 2 aliphatic heterocycles. The molecule has 0 spiro atoms. The largest absolute Gasteiger partial charge is 0.379 e. The van der Waals surface area contributed by atoms with Gasteiger partial charge in [-0.2, -0.15) is 0 Å². The van der Waals surface area contributed by atoms with Gasteiger partial charge in [-0.3, -0.25) is 14.4 Å². The highest BCUT2D eigenvalue weighted by atomic mass is 16.5. The number of likely N-dealkylation sites (tertiary alicyclic amines) is 1. The molecule has 0 aromatic heterocycles. The smallest absolute Gasteiger partial charge is 0.246 e. The van der Waals surface area contributed by atoms with Gasteiger partial charge in [-0.1, -0.05) is 20.8 Å². The van der Waals surface area contributed by atoms with Crippen LogP contribution in [0, 0.1) is 17.3 Å². The second kappa shape index (κ2) is 13.7. The van der Waals surface area contributed by atoms with Crippen LogP contribution >= 0.6 is 0 Å². The van der Waals surface area contributed by atoms with Gasteiger partial charge in [-0.05, 0) is 36.5 Å². The van der Waals surface area contributed by atoms with E-state index in [1.807, 2.05) is 20.8 Å². The fourth-order valence-corrected chi connectivity index (χ4v) is 4.48. The first-order chi connectivity index (χ1) is 16.1. The minimum atomic E-state index is -0.723. The number of carbonyl (C=O) groups is 4. The Hall–Kier alpha value is -2.04. The van der Waals surface area contributed by atoms with Crippen molar-refractivity contribution in [3.63, 3.8) is 0 Å². The van der Waals surface area contributed by atoms with Gasteiger partial charge in [0.25, 0.3) is 0 Å². The lowest BCUT2D eigenvalue weighted by molar-refractivity contribution is -0.142. The zero-order valence-electron chi connectivity index (χ0n) is 21.1. The van der Waals surface area contributed by atoms with Crippen LogP contribution in [0.1, 0.15) is 47.0 Å². The van der Waals surface area contributed by atoms with Gasteiger partial charge in [0.2, 0.25) is 17.7 Å². The maximum absolute atomic E-state index is 13.1. The second-order valence-electron chi connectivity index (χ2n) is 10.4. The Kier molecular flexibility index (Phi) is 11.4. The van der Waals surface area contributed by atoms with Gasteiger partial charge in [-0.15, -0.1) is 0 Å². The van der Waals surface area contributed by atoms with Crippen LogP contribution in [0.5, 0.6) is 0 Å². The Labute approximate surface area is 202 Å². The molecule has 0 radical (unpaired) electrons. The number of rotatable bonds is 12. The average molecular weight is 483 g/mol. The van der Waals surface area contributed by atoms with Crippen molar-refractivity contribution >= 4 is 24.0 Å². The molecule has 3 N–H and O–H groups in total. The molecule has 0 saturated carbocycles. The average Bonchev–Trinajstić information content (AvgIpc) is 3.25. The van der Waals surface area contributed by atoms with Crippen LogP contribution in [0.15, 0.2) is 0 Å². The van der Waals surface area contributed by atoms with Crippen LogP contribution in [0.4, 0.5) is 0 Å². The fraction of sp³-hybridized carbons (Fsp3) is 0.833. The minimum Gasteiger partial charge on any atom is -0.379 e. The summed E-state index contributed by atoms with van der Waals surface area (Å²) in [6.07, 6.45) is 3.20. The lowest BCUT2D eigenvalue weighted by Gasteiger charge is -2.34. The monoisotopic (exact) mass is 482 g/mol. The van der Waals surface area contributed by atoms with E-state index in [2.05, 4.69) is 16.0 Å². The summed E-state index contributed by atoms with van der Waals surface area (Å²) >= 11 is 0. The summed E-state index contributed by atoms with van der Waals surface area (Å²) in [6.45, 7) is 11.3. The number of ether oxygens (including phenoxy) is 2. The second-order valence-corrected chi connectivity index (χ2v) is 10.4. The third-order valence-corrected chi connectivity index (χ3v) is 6.25. The van der Waals surface area contributed by atoms with E-state index in [4.69, 9.17) is 9.47 Å². The summed E-state index contributed by atoms with van der Waals surface area (Å²) in [4.78, 5) is 49.4. The van der Waals surface area contributed by atoms with Crippen LogP contribution in [0.3, 0.4) is 0 Å². The maximum Gasteiger partial charge on any atom is 0.246 e. The third-order valence-electron chi connectivity index (χ3n) is 6.25. The molecule has 2 fully saturated rings. The number of hydrogen-bond donors (Lipinski definition) is 3. The molecule has 10 heteroatoms. The number of hydrogen-bond acceptors (Lipinski definition) is 7. The highest BCUT2D eigenvalue weighted by Crippen LogP contribution is 2.25. The van der Waals surface area contributed by atoms with Crippen LogP contribution in [0.25, 0.3) is 0 Å². The first-order valence-electron chi connectivity index (χ1n) is 12.3. The summed E-state index contributed by atoms with van der Waals surface area (Å²) in [7, 11) is 0. The van der Waals surface area contributed by atoms with Crippen molar-refractivity contribution in [1.29, 1.82) is 0 Å². The van der Waals surface area contributed by atoms with Crippen molar-refractivity contribution in [2.45, 2.75) is 59.0 Å². The van der Waals surface area contributed by atoms with E-state index in [9.17, 15) is 19.2 Å². The summed E-state index contributed by atoms with van der Waals surface area (Å²) in [6, 6.07) is -1.13. The molecule has 0 aliphatic carbocycles. The number of piperidine rings is 1. The van der Waals surface area contributed by atoms with E-state index in [0.29, 0.717) is 45.2 Å². The summed E-state index contributed by atoms with van der Waals surface area (Å²) < 4.78 is 11.3. The number of aldehydes is 1. The lowest BCUT2D eigenvalue weighted by atomic mass is 9.85. The maximum atomic E-state index is 13.1. The van der Waals surface area contributed by atoms with E-state index in [1.54, 1.807) is 4.90 Å². The van der Waals surface area contributed by atoms with Gasteiger partial charge in [-0.25, -0.2) is 0 Å². The first-order valence-corrected chi connectivity index (χ1v) is 12.3. The van der Waals surface area contributed by atoms with Gasteiger partial charge >= 0.3 is 0 Å². The molecule has 3 amide bonds. The predicted octanol–water partition coefficient (Wildman–Crippen LogP) is 0.102. The Morgan fingerprint density at radius 3 is 2.44 bits per heavy atom. The van der Waals surface area contributed by atoms with Crippen molar-refractivity contribution in [1.82, 2.24) is 20.9 Å². The number of nitrogens with zero attached hydrogens (tertiary/aromatic N) is 1. The lowest BCUT2D eigenvalue weighted by Crippen LogP contribution is -2.56. The highest BCUT2D eigenvalue weighted by Gasteiger charge is 2.39. The molecule has 4 atom stereocenters. The van der Waals surface area contributed by atoms with Crippen molar-refractivity contribution in [2.75, 3.05) is 52.6 Å². The van der Waals surface area contributed by atoms with Gasteiger partial charge in [0, 0.05) is 33.1 Å². The molecule has 2 heterocycles. The number of nitrogens with one attached hydrogen (secondary N) is 3. The minimum absolute atomic E-state index is 0.0661. The normalized spacial score (nSPS) is 23.9. The Morgan fingerprint density at radius 1 is 1.15 bits per heavy atom. The fourth-order valence-electron chi connectivity index (χ4n) is 4.48. The predicted molar refractivity (Wildman–Crippen MR) is 127 cm³/mol. The number of amides is 3. The summed E-state index contributed by atoms with van der Waals surface area (Å²) in [5, 5.41) is 8.92. The SMILES string of the molecule is CC(=O)NCCOCC1CNCC(COCC(=O)NC(C(=O)N2CCC[C@H]2C=O)C(C)(C)C)C1. The first kappa shape index (κ1) is 28.2. The highest BCUT2D eigenvalue weighted by molar-refractivity contribution is 5.90. The van der Waals surface area contributed by atoms with Crippen LogP contribution in [-0.2, 0) is 28.7 Å². The molecule has 2 rings (SSSR count).